The molecule has 8 nitrogen and oxygen atoms in total. The molecule has 0 saturated carbocycles. The first-order valence-electron chi connectivity index (χ1n) is 10.7. The summed E-state index contributed by atoms with van der Waals surface area (Å²) in [5.41, 5.74) is 1.86. The summed E-state index contributed by atoms with van der Waals surface area (Å²) in [5.74, 6) is 0.584. The molecule has 1 aromatic heterocycles. The Kier molecular flexibility index (Phi) is 6.49. The predicted molar refractivity (Wildman–Crippen MR) is 131 cm³/mol. The van der Waals surface area contributed by atoms with E-state index in [1.54, 1.807) is 42.5 Å². The Balaban J connectivity index is 1.70. The second-order valence-electron chi connectivity index (χ2n) is 7.88. The number of hydrogen-bond donors (Lipinski definition) is 1. The molecule has 8 heteroatoms. The molecule has 0 atom stereocenters. The summed E-state index contributed by atoms with van der Waals surface area (Å²) < 4.78 is 13.0. The zero-order valence-corrected chi connectivity index (χ0v) is 19.2. The first-order chi connectivity index (χ1) is 16.4. The minimum absolute atomic E-state index is 0.111. The van der Waals surface area contributed by atoms with Gasteiger partial charge in [-0.2, -0.15) is 0 Å². The van der Waals surface area contributed by atoms with Crippen molar-refractivity contribution < 1.29 is 14.3 Å². The van der Waals surface area contributed by atoms with Gasteiger partial charge in [-0.3, -0.25) is 18.7 Å². The number of anilines is 1. The molecule has 0 aliphatic heterocycles. The van der Waals surface area contributed by atoms with Gasteiger partial charge >= 0.3 is 5.69 Å². The lowest BCUT2D eigenvalue weighted by Gasteiger charge is -2.15. The Morgan fingerprint density at radius 1 is 0.882 bits per heavy atom. The standard InChI is InChI=1S/C26H25N3O5/c1-17-8-10-18(11-9-17)15-29-25(31)20-6-4-5-7-21(20)28(26(29)32)16-24(30)27-19-12-13-22(33-2)23(14-19)34-3/h4-14H,15-16H2,1-3H3,(H,27,30). The van der Waals surface area contributed by atoms with Gasteiger partial charge in [0.1, 0.15) is 6.54 Å². The molecule has 174 valence electrons. The largest absolute Gasteiger partial charge is 0.493 e. The van der Waals surface area contributed by atoms with Gasteiger partial charge in [0.15, 0.2) is 11.5 Å². The highest BCUT2D eigenvalue weighted by molar-refractivity contribution is 5.92. The molecular formula is C26H25N3O5. The minimum atomic E-state index is -0.549. The Morgan fingerprint density at radius 2 is 1.59 bits per heavy atom. The van der Waals surface area contributed by atoms with Crippen molar-refractivity contribution in [3.05, 3.63) is 98.7 Å². The molecule has 3 aromatic carbocycles. The summed E-state index contributed by atoms with van der Waals surface area (Å²) >= 11 is 0. The van der Waals surface area contributed by atoms with E-state index >= 15 is 0 Å². The summed E-state index contributed by atoms with van der Waals surface area (Å²) in [6.07, 6.45) is 0. The number of aryl methyl sites for hydroxylation is 1. The number of para-hydroxylation sites is 1. The number of aromatic nitrogens is 2. The number of fused-ring (bicyclic) bond motifs is 1. The van der Waals surface area contributed by atoms with Crippen molar-refractivity contribution in [3.63, 3.8) is 0 Å². The van der Waals surface area contributed by atoms with Crippen molar-refractivity contribution >= 4 is 22.5 Å². The fourth-order valence-electron chi connectivity index (χ4n) is 3.80. The molecule has 4 rings (SSSR count). The molecule has 1 amide bonds. The van der Waals surface area contributed by atoms with Crippen molar-refractivity contribution in [1.82, 2.24) is 9.13 Å². The average Bonchev–Trinajstić information content (AvgIpc) is 2.85. The van der Waals surface area contributed by atoms with Crippen LogP contribution < -0.4 is 26.0 Å². The van der Waals surface area contributed by atoms with E-state index in [4.69, 9.17) is 9.47 Å². The normalized spacial score (nSPS) is 10.8. The number of hydrogen-bond acceptors (Lipinski definition) is 5. The molecule has 0 bridgehead atoms. The van der Waals surface area contributed by atoms with Crippen LogP contribution in [0, 0.1) is 6.92 Å². The first kappa shape index (κ1) is 22.8. The highest BCUT2D eigenvalue weighted by atomic mass is 16.5. The van der Waals surface area contributed by atoms with Gasteiger partial charge < -0.3 is 14.8 Å². The lowest BCUT2D eigenvalue weighted by Crippen LogP contribution is -2.42. The van der Waals surface area contributed by atoms with Crippen molar-refractivity contribution in [2.75, 3.05) is 19.5 Å². The van der Waals surface area contributed by atoms with Crippen LogP contribution in [0.25, 0.3) is 10.9 Å². The molecule has 0 unspecified atom stereocenters. The van der Waals surface area contributed by atoms with Crippen LogP contribution in [0.15, 0.2) is 76.3 Å². The number of ether oxygens (including phenoxy) is 2. The molecule has 0 aliphatic carbocycles. The van der Waals surface area contributed by atoms with E-state index in [-0.39, 0.29) is 13.1 Å². The number of nitrogens with zero attached hydrogens (tertiary/aromatic N) is 2. The van der Waals surface area contributed by atoms with Gasteiger partial charge in [-0.15, -0.1) is 0 Å². The van der Waals surface area contributed by atoms with Crippen LogP contribution in [-0.2, 0) is 17.9 Å². The summed E-state index contributed by atoms with van der Waals surface area (Å²) in [7, 11) is 3.03. The van der Waals surface area contributed by atoms with E-state index in [1.165, 1.54) is 18.8 Å². The van der Waals surface area contributed by atoms with E-state index in [0.717, 1.165) is 15.7 Å². The van der Waals surface area contributed by atoms with Gasteiger partial charge in [-0.1, -0.05) is 42.0 Å². The van der Waals surface area contributed by atoms with Crippen LogP contribution >= 0.6 is 0 Å². The highest BCUT2D eigenvalue weighted by Gasteiger charge is 2.16. The van der Waals surface area contributed by atoms with Gasteiger partial charge in [-0.05, 0) is 36.8 Å². The minimum Gasteiger partial charge on any atom is -0.493 e. The predicted octanol–water partition coefficient (Wildman–Crippen LogP) is 3.18. The maximum atomic E-state index is 13.4. The van der Waals surface area contributed by atoms with Crippen LogP contribution in [0.5, 0.6) is 11.5 Å². The molecule has 0 radical (unpaired) electrons. The van der Waals surface area contributed by atoms with E-state index in [9.17, 15) is 14.4 Å². The van der Waals surface area contributed by atoms with Crippen LogP contribution in [0.2, 0.25) is 0 Å². The Hall–Kier alpha value is -4.33. The summed E-state index contributed by atoms with van der Waals surface area (Å²) in [4.78, 5) is 39.4. The second-order valence-corrected chi connectivity index (χ2v) is 7.88. The molecule has 0 spiro atoms. The third-order valence-corrected chi connectivity index (χ3v) is 5.56. The number of methoxy groups -OCH3 is 2. The fraction of sp³-hybridized carbons (Fsp3) is 0.192. The van der Waals surface area contributed by atoms with E-state index in [2.05, 4.69) is 5.32 Å². The second kappa shape index (κ2) is 9.66. The summed E-state index contributed by atoms with van der Waals surface area (Å²) in [6.45, 7) is 1.82. The highest BCUT2D eigenvalue weighted by Crippen LogP contribution is 2.29. The number of carbonyl (C=O) groups excluding carboxylic acids is 1. The number of rotatable bonds is 7. The van der Waals surface area contributed by atoms with E-state index in [0.29, 0.717) is 28.1 Å². The maximum absolute atomic E-state index is 13.4. The maximum Gasteiger partial charge on any atom is 0.332 e. The van der Waals surface area contributed by atoms with E-state index in [1.807, 2.05) is 31.2 Å². The van der Waals surface area contributed by atoms with Gasteiger partial charge in [0.2, 0.25) is 5.91 Å². The number of benzene rings is 3. The quantitative estimate of drug-likeness (QED) is 0.458. The van der Waals surface area contributed by atoms with Crippen molar-refractivity contribution in [3.8, 4) is 11.5 Å². The smallest absolute Gasteiger partial charge is 0.332 e. The molecule has 34 heavy (non-hydrogen) atoms. The van der Waals surface area contributed by atoms with Crippen molar-refractivity contribution in [1.29, 1.82) is 0 Å². The van der Waals surface area contributed by atoms with E-state index < -0.39 is 17.2 Å². The van der Waals surface area contributed by atoms with Crippen LogP contribution in [-0.4, -0.2) is 29.3 Å². The molecule has 1 heterocycles. The first-order valence-corrected chi connectivity index (χ1v) is 10.7. The molecule has 0 saturated heterocycles. The van der Waals surface area contributed by atoms with Crippen molar-refractivity contribution in [2.24, 2.45) is 0 Å². The third-order valence-electron chi connectivity index (χ3n) is 5.56. The summed E-state index contributed by atoms with van der Waals surface area (Å²) in [6, 6.07) is 19.4. The monoisotopic (exact) mass is 459 g/mol. The van der Waals surface area contributed by atoms with Crippen LogP contribution in [0.3, 0.4) is 0 Å². The summed E-state index contributed by atoms with van der Waals surface area (Å²) in [5, 5.41) is 3.15. The number of nitrogens with one attached hydrogen (secondary N) is 1. The van der Waals surface area contributed by atoms with Crippen LogP contribution in [0.4, 0.5) is 5.69 Å². The lowest BCUT2D eigenvalue weighted by atomic mass is 10.1. The topological polar surface area (TPSA) is 91.6 Å². The number of carbonyl (C=O) groups is 1. The average molecular weight is 460 g/mol. The molecule has 4 aromatic rings. The Bertz CT molecular complexity index is 1470. The zero-order valence-electron chi connectivity index (χ0n) is 19.2. The van der Waals surface area contributed by atoms with Gasteiger partial charge in [0, 0.05) is 11.8 Å². The molecule has 0 aliphatic rings. The fourth-order valence-corrected chi connectivity index (χ4v) is 3.80. The Labute approximate surface area is 196 Å². The third kappa shape index (κ3) is 4.56. The zero-order chi connectivity index (χ0) is 24.2. The Morgan fingerprint density at radius 3 is 2.29 bits per heavy atom. The van der Waals surface area contributed by atoms with Gasteiger partial charge in [-0.25, -0.2) is 4.79 Å². The lowest BCUT2D eigenvalue weighted by molar-refractivity contribution is -0.116. The van der Waals surface area contributed by atoms with Crippen molar-refractivity contribution in [2.45, 2.75) is 20.0 Å². The molecular weight excluding hydrogens is 434 g/mol. The SMILES string of the molecule is COc1ccc(NC(=O)Cn2c(=O)n(Cc3ccc(C)cc3)c(=O)c3ccccc32)cc1OC. The van der Waals surface area contributed by atoms with Gasteiger partial charge in [0.05, 0.1) is 31.7 Å². The molecule has 1 N–H and O–H groups in total. The number of amides is 1. The molecule has 0 fully saturated rings. The van der Waals surface area contributed by atoms with Crippen LogP contribution in [0.1, 0.15) is 11.1 Å². The van der Waals surface area contributed by atoms with Gasteiger partial charge in [0.25, 0.3) is 5.56 Å².